The van der Waals surface area contributed by atoms with Crippen LogP contribution in [-0.2, 0) is 0 Å². The molecule has 0 aliphatic carbocycles. The Morgan fingerprint density at radius 2 is 1.95 bits per heavy atom. The molecule has 0 amide bonds. The van der Waals surface area contributed by atoms with E-state index in [0.29, 0.717) is 22.2 Å². The van der Waals surface area contributed by atoms with Gasteiger partial charge in [0.25, 0.3) is 0 Å². The molecule has 0 aromatic carbocycles. The first-order valence-corrected chi connectivity index (χ1v) is 6.82. The molecule has 0 atom stereocenters. The maximum atomic E-state index is 6.04. The molecule has 7 heteroatoms. The van der Waals surface area contributed by atoms with E-state index in [0.717, 1.165) is 10.2 Å². The highest BCUT2D eigenvalue weighted by atomic mass is 79.9. The third-order valence-corrected chi connectivity index (χ3v) is 3.44. The van der Waals surface area contributed by atoms with E-state index in [2.05, 4.69) is 40.8 Å². The number of halogens is 2. The van der Waals surface area contributed by atoms with Gasteiger partial charge in [-0.2, -0.15) is 0 Å². The standard InChI is InChI=1S/C13H7BrClN5/c14-9-6-18-13(8-5-16-7-19-12(8)15)20-11(9)10-3-1-2-4-17-10/h1-7H. The summed E-state index contributed by atoms with van der Waals surface area (Å²) in [6.45, 7) is 0. The summed E-state index contributed by atoms with van der Waals surface area (Å²) in [4.78, 5) is 20.9. The maximum Gasteiger partial charge on any atom is 0.164 e. The van der Waals surface area contributed by atoms with Crippen LogP contribution in [0.4, 0.5) is 0 Å². The predicted octanol–water partition coefficient (Wildman–Crippen LogP) is 3.41. The van der Waals surface area contributed by atoms with E-state index in [9.17, 15) is 0 Å². The largest absolute Gasteiger partial charge is 0.255 e. The molecule has 0 saturated carbocycles. The van der Waals surface area contributed by atoms with Gasteiger partial charge in [0, 0.05) is 18.6 Å². The SMILES string of the molecule is Clc1ncncc1-c1ncc(Br)c(-c2ccccn2)n1. The Kier molecular flexibility index (Phi) is 3.66. The van der Waals surface area contributed by atoms with Gasteiger partial charge >= 0.3 is 0 Å². The van der Waals surface area contributed by atoms with Crippen molar-refractivity contribution in [2.24, 2.45) is 0 Å². The van der Waals surface area contributed by atoms with Gasteiger partial charge in [-0.3, -0.25) is 4.98 Å². The van der Waals surface area contributed by atoms with Crippen LogP contribution in [0.25, 0.3) is 22.8 Å². The Bertz CT molecular complexity index is 751. The molecule has 3 aromatic heterocycles. The first kappa shape index (κ1) is 13.1. The summed E-state index contributed by atoms with van der Waals surface area (Å²) in [5, 5.41) is 0.314. The summed E-state index contributed by atoms with van der Waals surface area (Å²) >= 11 is 9.47. The van der Waals surface area contributed by atoms with Gasteiger partial charge in [-0.15, -0.1) is 0 Å². The molecule has 0 radical (unpaired) electrons. The molecule has 0 N–H and O–H groups in total. The highest BCUT2D eigenvalue weighted by Gasteiger charge is 2.12. The van der Waals surface area contributed by atoms with Gasteiger partial charge in [0.15, 0.2) is 5.82 Å². The molecular weight excluding hydrogens is 342 g/mol. The molecule has 0 aliphatic rings. The van der Waals surface area contributed by atoms with Crippen molar-refractivity contribution in [3.05, 3.63) is 52.7 Å². The molecule has 0 bridgehead atoms. The Morgan fingerprint density at radius 1 is 1.05 bits per heavy atom. The second kappa shape index (κ2) is 5.60. The minimum Gasteiger partial charge on any atom is -0.255 e. The molecule has 0 spiro atoms. The van der Waals surface area contributed by atoms with Crippen LogP contribution in [0.5, 0.6) is 0 Å². The third-order valence-electron chi connectivity index (χ3n) is 2.56. The van der Waals surface area contributed by atoms with Gasteiger partial charge in [0.2, 0.25) is 0 Å². The second-order valence-electron chi connectivity index (χ2n) is 3.83. The van der Waals surface area contributed by atoms with Gasteiger partial charge in [-0.1, -0.05) is 17.7 Å². The minimum atomic E-state index is 0.314. The summed E-state index contributed by atoms with van der Waals surface area (Å²) in [6.07, 6.45) is 6.34. The van der Waals surface area contributed by atoms with Crippen LogP contribution in [0.3, 0.4) is 0 Å². The number of nitrogens with zero attached hydrogens (tertiary/aromatic N) is 5. The van der Waals surface area contributed by atoms with Crippen molar-refractivity contribution in [1.82, 2.24) is 24.9 Å². The van der Waals surface area contributed by atoms with Gasteiger partial charge in [0.05, 0.1) is 15.7 Å². The van der Waals surface area contributed by atoms with Crippen LogP contribution < -0.4 is 0 Å². The van der Waals surface area contributed by atoms with Crippen LogP contribution in [0.15, 0.2) is 47.6 Å². The fourth-order valence-corrected chi connectivity index (χ4v) is 2.22. The van der Waals surface area contributed by atoms with E-state index in [1.54, 1.807) is 18.6 Å². The zero-order chi connectivity index (χ0) is 13.9. The highest BCUT2D eigenvalue weighted by Crippen LogP contribution is 2.28. The van der Waals surface area contributed by atoms with E-state index in [1.807, 2.05) is 18.2 Å². The Morgan fingerprint density at radius 3 is 2.70 bits per heavy atom. The normalized spacial score (nSPS) is 10.5. The monoisotopic (exact) mass is 347 g/mol. The lowest BCUT2D eigenvalue weighted by Crippen LogP contribution is -1.96. The fraction of sp³-hybridized carbons (Fsp3) is 0. The van der Waals surface area contributed by atoms with Crippen LogP contribution in [0.2, 0.25) is 5.15 Å². The third kappa shape index (κ3) is 2.52. The molecule has 3 rings (SSSR count). The molecule has 20 heavy (non-hydrogen) atoms. The zero-order valence-corrected chi connectivity index (χ0v) is 12.4. The van der Waals surface area contributed by atoms with E-state index < -0.39 is 0 Å². The topological polar surface area (TPSA) is 64.5 Å². The van der Waals surface area contributed by atoms with E-state index in [4.69, 9.17) is 11.6 Å². The van der Waals surface area contributed by atoms with Crippen molar-refractivity contribution in [3.63, 3.8) is 0 Å². The highest BCUT2D eigenvalue weighted by molar-refractivity contribution is 9.10. The summed E-state index contributed by atoms with van der Waals surface area (Å²) in [5.74, 6) is 0.458. The summed E-state index contributed by atoms with van der Waals surface area (Å²) < 4.78 is 0.757. The number of rotatable bonds is 2. The second-order valence-corrected chi connectivity index (χ2v) is 5.04. The smallest absolute Gasteiger partial charge is 0.164 e. The molecule has 0 saturated heterocycles. The number of aromatic nitrogens is 5. The van der Waals surface area contributed by atoms with Crippen molar-refractivity contribution in [2.75, 3.05) is 0 Å². The molecule has 0 fully saturated rings. The molecule has 0 unspecified atom stereocenters. The van der Waals surface area contributed by atoms with Crippen molar-refractivity contribution in [3.8, 4) is 22.8 Å². The van der Waals surface area contributed by atoms with Crippen LogP contribution in [-0.4, -0.2) is 24.9 Å². The minimum absolute atomic E-state index is 0.314. The lowest BCUT2D eigenvalue weighted by atomic mass is 10.2. The average Bonchev–Trinajstić information content (AvgIpc) is 2.49. The summed E-state index contributed by atoms with van der Waals surface area (Å²) in [5.41, 5.74) is 2.02. The molecular formula is C13H7BrClN5. The summed E-state index contributed by atoms with van der Waals surface area (Å²) in [6, 6.07) is 5.62. The first-order chi connectivity index (χ1) is 9.75. The van der Waals surface area contributed by atoms with Crippen molar-refractivity contribution in [1.29, 1.82) is 0 Å². The van der Waals surface area contributed by atoms with Crippen molar-refractivity contribution in [2.45, 2.75) is 0 Å². The quantitative estimate of drug-likeness (QED) is 0.664. The Hall–Kier alpha value is -1.92. The van der Waals surface area contributed by atoms with Crippen LogP contribution in [0.1, 0.15) is 0 Å². The van der Waals surface area contributed by atoms with Gasteiger partial charge in [0.1, 0.15) is 17.2 Å². The fourth-order valence-electron chi connectivity index (χ4n) is 1.64. The van der Waals surface area contributed by atoms with Gasteiger partial charge in [-0.05, 0) is 28.1 Å². The molecule has 3 heterocycles. The average molecular weight is 349 g/mol. The molecule has 3 aromatic rings. The van der Waals surface area contributed by atoms with Crippen LogP contribution in [0, 0.1) is 0 Å². The zero-order valence-electron chi connectivity index (χ0n) is 10.0. The predicted molar refractivity (Wildman–Crippen MR) is 79.0 cm³/mol. The van der Waals surface area contributed by atoms with E-state index in [-0.39, 0.29) is 0 Å². The molecule has 5 nitrogen and oxygen atoms in total. The number of hydrogen-bond acceptors (Lipinski definition) is 5. The van der Waals surface area contributed by atoms with E-state index in [1.165, 1.54) is 6.33 Å². The first-order valence-electron chi connectivity index (χ1n) is 5.65. The molecule has 0 aliphatic heterocycles. The Balaban J connectivity index is 2.15. The van der Waals surface area contributed by atoms with Gasteiger partial charge < -0.3 is 0 Å². The maximum absolute atomic E-state index is 6.04. The van der Waals surface area contributed by atoms with Crippen molar-refractivity contribution >= 4 is 27.5 Å². The number of pyridine rings is 1. The van der Waals surface area contributed by atoms with Crippen molar-refractivity contribution < 1.29 is 0 Å². The summed E-state index contributed by atoms with van der Waals surface area (Å²) in [7, 11) is 0. The van der Waals surface area contributed by atoms with E-state index >= 15 is 0 Å². The lowest BCUT2D eigenvalue weighted by molar-refractivity contribution is 1.11. The lowest BCUT2D eigenvalue weighted by Gasteiger charge is -2.06. The number of hydrogen-bond donors (Lipinski definition) is 0. The molecule has 98 valence electrons. The van der Waals surface area contributed by atoms with Gasteiger partial charge in [-0.25, -0.2) is 19.9 Å². The Labute approximate surface area is 128 Å². The van der Waals surface area contributed by atoms with Crippen LogP contribution >= 0.6 is 27.5 Å².